The Morgan fingerprint density at radius 2 is 2.33 bits per heavy atom. The summed E-state index contributed by atoms with van der Waals surface area (Å²) in [7, 11) is 0. The SMILES string of the molecule is CCCCOC(=O)Cn1ccnc1CNC(C)C. The van der Waals surface area contributed by atoms with E-state index in [0.717, 1.165) is 18.7 Å². The number of unbranched alkanes of at least 4 members (excludes halogenated alkanes) is 1. The topological polar surface area (TPSA) is 56.2 Å². The van der Waals surface area contributed by atoms with Crippen LogP contribution in [0.4, 0.5) is 0 Å². The van der Waals surface area contributed by atoms with Crippen LogP contribution in [0.3, 0.4) is 0 Å². The zero-order valence-corrected chi connectivity index (χ0v) is 11.5. The van der Waals surface area contributed by atoms with Gasteiger partial charge in [0.2, 0.25) is 0 Å². The number of nitrogens with one attached hydrogen (secondary N) is 1. The van der Waals surface area contributed by atoms with Crippen molar-refractivity contribution in [2.24, 2.45) is 0 Å². The van der Waals surface area contributed by atoms with E-state index in [-0.39, 0.29) is 12.5 Å². The molecule has 0 unspecified atom stereocenters. The van der Waals surface area contributed by atoms with Gasteiger partial charge in [0, 0.05) is 18.4 Å². The van der Waals surface area contributed by atoms with Crippen LogP contribution in [0.2, 0.25) is 0 Å². The Morgan fingerprint density at radius 3 is 3.00 bits per heavy atom. The predicted octanol–water partition coefficient (Wildman–Crippen LogP) is 1.72. The van der Waals surface area contributed by atoms with Gasteiger partial charge in [0.1, 0.15) is 12.4 Å². The molecule has 5 heteroatoms. The summed E-state index contributed by atoms with van der Waals surface area (Å²) in [6.45, 7) is 7.62. The number of carbonyl (C=O) groups excluding carboxylic acids is 1. The van der Waals surface area contributed by atoms with Crippen molar-refractivity contribution in [2.45, 2.75) is 52.7 Å². The molecule has 102 valence electrons. The van der Waals surface area contributed by atoms with E-state index in [1.807, 2.05) is 4.57 Å². The highest BCUT2D eigenvalue weighted by Gasteiger charge is 2.08. The van der Waals surface area contributed by atoms with E-state index in [0.29, 0.717) is 19.2 Å². The summed E-state index contributed by atoms with van der Waals surface area (Å²) in [6, 6.07) is 0.395. The Labute approximate surface area is 109 Å². The Morgan fingerprint density at radius 1 is 1.56 bits per heavy atom. The highest BCUT2D eigenvalue weighted by atomic mass is 16.5. The van der Waals surface area contributed by atoms with E-state index >= 15 is 0 Å². The first-order valence-corrected chi connectivity index (χ1v) is 6.52. The fourth-order valence-corrected chi connectivity index (χ4v) is 1.46. The lowest BCUT2D eigenvalue weighted by atomic mass is 10.4. The van der Waals surface area contributed by atoms with Gasteiger partial charge in [0.15, 0.2) is 0 Å². The summed E-state index contributed by atoms with van der Waals surface area (Å²) >= 11 is 0. The second kappa shape index (κ2) is 7.87. The smallest absolute Gasteiger partial charge is 0.325 e. The lowest BCUT2D eigenvalue weighted by molar-refractivity contribution is -0.144. The minimum absolute atomic E-state index is 0.202. The Balaban J connectivity index is 2.41. The molecule has 1 rings (SSSR count). The second-order valence-corrected chi connectivity index (χ2v) is 4.58. The summed E-state index contributed by atoms with van der Waals surface area (Å²) < 4.78 is 6.95. The molecule has 0 radical (unpaired) electrons. The molecule has 0 saturated carbocycles. The third-order valence-corrected chi connectivity index (χ3v) is 2.53. The summed E-state index contributed by atoms with van der Waals surface area (Å²) in [5.41, 5.74) is 0. The van der Waals surface area contributed by atoms with Crippen molar-refractivity contribution < 1.29 is 9.53 Å². The van der Waals surface area contributed by atoms with Crippen molar-refractivity contribution in [1.29, 1.82) is 0 Å². The van der Waals surface area contributed by atoms with Crippen LogP contribution in [0.1, 0.15) is 39.4 Å². The molecule has 0 aliphatic rings. The lowest BCUT2D eigenvalue weighted by Crippen LogP contribution is -2.25. The quantitative estimate of drug-likeness (QED) is 0.566. The van der Waals surface area contributed by atoms with Crippen molar-refractivity contribution in [1.82, 2.24) is 14.9 Å². The molecule has 0 amide bonds. The molecule has 1 aromatic heterocycles. The van der Waals surface area contributed by atoms with Crippen molar-refractivity contribution >= 4 is 5.97 Å². The summed E-state index contributed by atoms with van der Waals surface area (Å²) in [4.78, 5) is 15.8. The normalized spacial score (nSPS) is 10.9. The Bertz CT molecular complexity index is 361. The molecule has 0 fully saturated rings. The first kappa shape index (κ1) is 14.7. The Hall–Kier alpha value is -1.36. The summed E-state index contributed by atoms with van der Waals surface area (Å²) in [5, 5.41) is 3.28. The molecule has 0 aromatic carbocycles. The van der Waals surface area contributed by atoms with Crippen molar-refractivity contribution in [2.75, 3.05) is 6.61 Å². The minimum atomic E-state index is -0.202. The number of aromatic nitrogens is 2. The van der Waals surface area contributed by atoms with Crippen LogP contribution in [-0.4, -0.2) is 28.2 Å². The van der Waals surface area contributed by atoms with Crippen LogP contribution in [0.15, 0.2) is 12.4 Å². The van der Waals surface area contributed by atoms with Crippen LogP contribution in [0, 0.1) is 0 Å². The highest BCUT2D eigenvalue weighted by molar-refractivity contribution is 5.69. The standard InChI is InChI=1S/C13H23N3O2/c1-4-5-8-18-13(17)10-16-7-6-14-12(16)9-15-11(2)3/h6-7,11,15H,4-5,8-10H2,1-3H3. The Kier molecular flexibility index (Phi) is 6.43. The number of esters is 1. The third kappa shape index (κ3) is 5.31. The molecule has 0 atom stereocenters. The predicted molar refractivity (Wildman–Crippen MR) is 70.1 cm³/mol. The summed E-state index contributed by atoms with van der Waals surface area (Å²) in [6.07, 6.45) is 5.45. The molecule has 1 heterocycles. The van der Waals surface area contributed by atoms with E-state index in [9.17, 15) is 4.79 Å². The third-order valence-electron chi connectivity index (χ3n) is 2.53. The van der Waals surface area contributed by atoms with Gasteiger partial charge in [-0.15, -0.1) is 0 Å². The van der Waals surface area contributed by atoms with E-state index in [1.54, 1.807) is 12.4 Å². The van der Waals surface area contributed by atoms with Crippen LogP contribution in [-0.2, 0) is 22.6 Å². The van der Waals surface area contributed by atoms with E-state index in [4.69, 9.17) is 4.74 Å². The zero-order chi connectivity index (χ0) is 13.4. The molecule has 5 nitrogen and oxygen atoms in total. The number of nitrogens with zero attached hydrogens (tertiary/aromatic N) is 2. The monoisotopic (exact) mass is 253 g/mol. The van der Waals surface area contributed by atoms with Crippen LogP contribution in [0.25, 0.3) is 0 Å². The van der Waals surface area contributed by atoms with Gasteiger partial charge in [0.05, 0.1) is 13.2 Å². The highest BCUT2D eigenvalue weighted by Crippen LogP contribution is 2.00. The summed E-state index contributed by atoms with van der Waals surface area (Å²) in [5.74, 6) is 0.656. The fourth-order valence-electron chi connectivity index (χ4n) is 1.46. The average Bonchev–Trinajstić information content (AvgIpc) is 2.74. The number of hydrogen-bond acceptors (Lipinski definition) is 4. The van der Waals surface area contributed by atoms with Crippen LogP contribution < -0.4 is 5.32 Å². The van der Waals surface area contributed by atoms with E-state index in [1.165, 1.54) is 0 Å². The van der Waals surface area contributed by atoms with Crippen molar-refractivity contribution in [3.8, 4) is 0 Å². The van der Waals surface area contributed by atoms with Crippen LogP contribution in [0.5, 0.6) is 0 Å². The molecular weight excluding hydrogens is 230 g/mol. The number of carbonyl (C=O) groups is 1. The van der Waals surface area contributed by atoms with Crippen molar-refractivity contribution in [3.63, 3.8) is 0 Å². The maximum atomic E-state index is 11.6. The molecule has 0 bridgehead atoms. The van der Waals surface area contributed by atoms with Gasteiger partial charge >= 0.3 is 5.97 Å². The molecule has 0 spiro atoms. The van der Waals surface area contributed by atoms with Gasteiger partial charge in [-0.2, -0.15) is 0 Å². The number of hydrogen-bond donors (Lipinski definition) is 1. The van der Waals surface area contributed by atoms with E-state index < -0.39 is 0 Å². The molecule has 0 saturated heterocycles. The van der Waals surface area contributed by atoms with Gasteiger partial charge < -0.3 is 14.6 Å². The zero-order valence-electron chi connectivity index (χ0n) is 11.5. The average molecular weight is 253 g/mol. The minimum Gasteiger partial charge on any atom is -0.464 e. The van der Waals surface area contributed by atoms with Gasteiger partial charge in [-0.3, -0.25) is 4.79 Å². The van der Waals surface area contributed by atoms with Gasteiger partial charge in [-0.1, -0.05) is 27.2 Å². The van der Waals surface area contributed by atoms with Crippen molar-refractivity contribution in [3.05, 3.63) is 18.2 Å². The molecule has 0 aliphatic carbocycles. The number of imidazole rings is 1. The largest absolute Gasteiger partial charge is 0.464 e. The first-order valence-electron chi connectivity index (χ1n) is 6.52. The maximum Gasteiger partial charge on any atom is 0.325 e. The van der Waals surface area contributed by atoms with Crippen LogP contribution >= 0.6 is 0 Å². The fraction of sp³-hybridized carbons (Fsp3) is 0.692. The van der Waals surface area contributed by atoms with Gasteiger partial charge in [-0.25, -0.2) is 4.98 Å². The number of ether oxygens (including phenoxy) is 1. The number of rotatable bonds is 8. The molecule has 1 aromatic rings. The van der Waals surface area contributed by atoms with E-state index in [2.05, 4.69) is 31.1 Å². The molecule has 18 heavy (non-hydrogen) atoms. The first-order chi connectivity index (χ1) is 8.63. The van der Waals surface area contributed by atoms with Gasteiger partial charge in [0.25, 0.3) is 0 Å². The second-order valence-electron chi connectivity index (χ2n) is 4.58. The van der Waals surface area contributed by atoms with Gasteiger partial charge in [-0.05, 0) is 6.42 Å². The maximum absolute atomic E-state index is 11.6. The molecule has 0 aliphatic heterocycles. The molecule has 1 N–H and O–H groups in total. The molecular formula is C13H23N3O2. The lowest BCUT2D eigenvalue weighted by Gasteiger charge is -2.10.